The molecule has 0 aromatic heterocycles. The van der Waals surface area contributed by atoms with Crippen molar-refractivity contribution in [2.75, 3.05) is 13.2 Å². The molecule has 0 bridgehead atoms. The lowest BCUT2D eigenvalue weighted by atomic mass is 9.98. The second-order valence-corrected chi connectivity index (χ2v) is 8.30. The Morgan fingerprint density at radius 1 is 1.06 bits per heavy atom. The number of benzene rings is 2. The molecule has 0 saturated heterocycles. The van der Waals surface area contributed by atoms with Gasteiger partial charge in [-0.05, 0) is 28.7 Å². The van der Waals surface area contributed by atoms with Gasteiger partial charge in [-0.3, -0.25) is 4.79 Å². The van der Waals surface area contributed by atoms with E-state index >= 15 is 0 Å². The Bertz CT molecular complexity index is 998. The van der Waals surface area contributed by atoms with Crippen molar-refractivity contribution in [3.63, 3.8) is 0 Å². The van der Waals surface area contributed by atoms with Gasteiger partial charge >= 0.3 is 18.0 Å². The highest BCUT2D eigenvalue weighted by Crippen LogP contribution is 2.44. The number of unbranched alkanes of at least 4 members (excludes halogenated alkanes) is 1. The lowest BCUT2D eigenvalue weighted by Gasteiger charge is -2.20. The standard InChI is InChI=1S/C25H28F2N2O5/c1-2-3-8-16(13-22(30)28-15-25(26,27)23(31)32)29-24(33)34-14-21-19-11-6-4-9-17(19)18-10-5-7-12-20(18)21/h4-7,9-12,16,21H,2-3,8,13-15H2,1H3,(H,28,30)(H,29,33)(H,31,32). The zero-order valence-corrected chi connectivity index (χ0v) is 18.9. The van der Waals surface area contributed by atoms with Crippen LogP contribution in [0.5, 0.6) is 0 Å². The molecule has 2 aromatic rings. The molecule has 182 valence electrons. The summed E-state index contributed by atoms with van der Waals surface area (Å²) < 4.78 is 31.9. The summed E-state index contributed by atoms with van der Waals surface area (Å²) in [7, 11) is 0. The smallest absolute Gasteiger partial charge is 0.407 e. The minimum absolute atomic E-state index is 0.109. The van der Waals surface area contributed by atoms with Crippen molar-refractivity contribution in [3.8, 4) is 11.1 Å². The molecule has 2 aromatic carbocycles. The van der Waals surface area contributed by atoms with Gasteiger partial charge in [-0.15, -0.1) is 0 Å². The number of halogens is 2. The number of alkyl halides is 2. The molecule has 7 nitrogen and oxygen atoms in total. The van der Waals surface area contributed by atoms with Gasteiger partial charge in [-0.1, -0.05) is 68.3 Å². The third kappa shape index (κ3) is 6.09. The van der Waals surface area contributed by atoms with Crippen LogP contribution in [0.3, 0.4) is 0 Å². The number of alkyl carbamates (subject to hydrolysis) is 1. The van der Waals surface area contributed by atoms with Gasteiger partial charge in [0.2, 0.25) is 5.91 Å². The molecule has 0 radical (unpaired) electrons. The summed E-state index contributed by atoms with van der Waals surface area (Å²) in [6, 6.07) is 15.2. The minimum Gasteiger partial charge on any atom is -0.477 e. The van der Waals surface area contributed by atoms with Crippen molar-refractivity contribution < 1.29 is 33.0 Å². The van der Waals surface area contributed by atoms with Crippen molar-refractivity contribution in [1.29, 1.82) is 0 Å². The summed E-state index contributed by atoms with van der Waals surface area (Å²) in [6.07, 6.45) is 0.990. The maximum absolute atomic E-state index is 13.2. The number of nitrogens with one attached hydrogen (secondary N) is 2. The Labute approximate surface area is 196 Å². The van der Waals surface area contributed by atoms with Gasteiger partial charge in [0.05, 0.1) is 6.54 Å². The van der Waals surface area contributed by atoms with E-state index in [2.05, 4.69) is 5.32 Å². The van der Waals surface area contributed by atoms with Crippen LogP contribution in [0.4, 0.5) is 13.6 Å². The number of carboxylic acids is 1. The molecule has 1 aliphatic rings. The summed E-state index contributed by atoms with van der Waals surface area (Å²) in [4.78, 5) is 35.1. The van der Waals surface area contributed by atoms with Crippen LogP contribution < -0.4 is 10.6 Å². The summed E-state index contributed by atoms with van der Waals surface area (Å²) in [5.41, 5.74) is 4.33. The first-order valence-corrected chi connectivity index (χ1v) is 11.2. The van der Waals surface area contributed by atoms with E-state index in [4.69, 9.17) is 9.84 Å². The molecule has 3 N–H and O–H groups in total. The quantitative estimate of drug-likeness (QED) is 0.450. The maximum atomic E-state index is 13.2. The van der Waals surface area contributed by atoms with Crippen molar-refractivity contribution in [3.05, 3.63) is 59.7 Å². The number of hydrogen-bond donors (Lipinski definition) is 3. The Morgan fingerprint density at radius 3 is 2.21 bits per heavy atom. The Morgan fingerprint density at radius 2 is 1.65 bits per heavy atom. The summed E-state index contributed by atoms with van der Waals surface area (Å²) in [6.45, 7) is 0.738. The molecule has 2 amide bonds. The Kier molecular flexibility index (Phi) is 8.20. The number of carboxylic acid groups (broad SMARTS) is 1. The number of ether oxygens (including phenoxy) is 1. The van der Waals surface area contributed by atoms with Crippen LogP contribution in [0.15, 0.2) is 48.5 Å². The number of carbonyl (C=O) groups excluding carboxylic acids is 2. The molecular formula is C25H28F2N2O5. The summed E-state index contributed by atoms with van der Waals surface area (Å²) >= 11 is 0. The third-order valence-electron chi connectivity index (χ3n) is 5.82. The van der Waals surface area contributed by atoms with Gasteiger partial charge < -0.3 is 20.5 Å². The van der Waals surface area contributed by atoms with E-state index in [9.17, 15) is 23.2 Å². The fourth-order valence-corrected chi connectivity index (χ4v) is 4.06. The van der Waals surface area contributed by atoms with E-state index < -0.39 is 36.5 Å². The molecule has 1 atom stereocenters. The second-order valence-electron chi connectivity index (χ2n) is 8.30. The molecule has 3 rings (SSSR count). The first-order valence-electron chi connectivity index (χ1n) is 11.2. The van der Waals surface area contributed by atoms with Crippen molar-refractivity contribution in [2.45, 2.75) is 50.5 Å². The van der Waals surface area contributed by atoms with E-state index in [1.807, 2.05) is 60.8 Å². The van der Waals surface area contributed by atoms with E-state index in [1.165, 1.54) is 0 Å². The van der Waals surface area contributed by atoms with E-state index in [0.717, 1.165) is 28.7 Å². The van der Waals surface area contributed by atoms with Crippen molar-refractivity contribution >= 4 is 18.0 Å². The summed E-state index contributed by atoms with van der Waals surface area (Å²) in [5.74, 6) is -7.27. The Hall–Kier alpha value is -3.49. The van der Waals surface area contributed by atoms with Gasteiger partial charge in [0.25, 0.3) is 0 Å². The van der Waals surface area contributed by atoms with E-state index in [0.29, 0.717) is 12.8 Å². The van der Waals surface area contributed by atoms with Gasteiger partial charge in [-0.25, -0.2) is 9.59 Å². The first kappa shape index (κ1) is 25.1. The third-order valence-corrected chi connectivity index (χ3v) is 5.82. The van der Waals surface area contributed by atoms with E-state index in [1.54, 1.807) is 0 Å². The topological polar surface area (TPSA) is 105 Å². The molecular weight excluding hydrogens is 446 g/mol. The number of rotatable bonds is 11. The molecule has 9 heteroatoms. The van der Waals surface area contributed by atoms with Gasteiger partial charge in [-0.2, -0.15) is 8.78 Å². The largest absolute Gasteiger partial charge is 0.477 e. The zero-order chi connectivity index (χ0) is 24.7. The highest BCUT2D eigenvalue weighted by molar-refractivity contribution is 5.81. The number of fused-ring (bicyclic) bond motifs is 3. The van der Waals surface area contributed by atoms with Crippen LogP contribution in [-0.2, 0) is 14.3 Å². The average Bonchev–Trinajstić information content (AvgIpc) is 3.13. The van der Waals surface area contributed by atoms with E-state index in [-0.39, 0.29) is 18.9 Å². The monoisotopic (exact) mass is 474 g/mol. The van der Waals surface area contributed by atoms with Gasteiger partial charge in [0.15, 0.2) is 0 Å². The lowest BCUT2D eigenvalue weighted by Crippen LogP contribution is -2.45. The van der Waals surface area contributed by atoms with Crippen LogP contribution in [0, 0.1) is 0 Å². The van der Waals surface area contributed by atoms with Crippen LogP contribution >= 0.6 is 0 Å². The van der Waals surface area contributed by atoms with Crippen LogP contribution in [0.25, 0.3) is 11.1 Å². The normalized spacial score (nSPS) is 13.5. The fraction of sp³-hybridized carbons (Fsp3) is 0.400. The van der Waals surface area contributed by atoms with Crippen LogP contribution in [0.2, 0.25) is 0 Å². The van der Waals surface area contributed by atoms with Gasteiger partial charge in [0, 0.05) is 18.4 Å². The highest BCUT2D eigenvalue weighted by Gasteiger charge is 2.39. The Balaban J connectivity index is 1.58. The molecule has 0 heterocycles. The molecule has 0 spiro atoms. The number of amides is 2. The minimum atomic E-state index is -4.06. The fourth-order valence-electron chi connectivity index (χ4n) is 4.06. The average molecular weight is 475 g/mol. The molecule has 0 saturated carbocycles. The second kappa shape index (κ2) is 11.1. The van der Waals surface area contributed by atoms with Crippen molar-refractivity contribution in [2.24, 2.45) is 0 Å². The zero-order valence-electron chi connectivity index (χ0n) is 18.9. The van der Waals surface area contributed by atoms with Gasteiger partial charge in [0.1, 0.15) is 6.61 Å². The van der Waals surface area contributed by atoms with Crippen LogP contribution in [-0.4, -0.2) is 48.2 Å². The SMILES string of the molecule is CCCCC(CC(=O)NCC(F)(F)C(=O)O)NC(=O)OCC1c2ccccc2-c2ccccc21. The molecule has 34 heavy (non-hydrogen) atoms. The number of hydrogen-bond acceptors (Lipinski definition) is 4. The number of aliphatic carboxylic acids is 1. The van der Waals surface area contributed by atoms with Crippen LogP contribution in [0.1, 0.15) is 49.7 Å². The summed E-state index contributed by atoms with van der Waals surface area (Å²) in [5, 5.41) is 13.0. The molecule has 1 unspecified atom stereocenters. The maximum Gasteiger partial charge on any atom is 0.407 e. The molecule has 1 aliphatic carbocycles. The predicted molar refractivity (Wildman–Crippen MR) is 122 cm³/mol. The predicted octanol–water partition coefficient (Wildman–Crippen LogP) is 4.31. The molecule has 0 aliphatic heterocycles. The first-order chi connectivity index (χ1) is 16.2. The highest BCUT2D eigenvalue weighted by atomic mass is 19.3. The molecule has 0 fully saturated rings. The number of carbonyl (C=O) groups is 3. The lowest BCUT2D eigenvalue weighted by molar-refractivity contribution is -0.164. The van der Waals surface area contributed by atoms with Crippen molar-refractivity contribution in [1.82, 2.24) is 10.6 Å².